The Morgan fingerprint density at radius 1 is 1.19 bits per heavy atom. The fraction of sp³-hybridized carbons (Fsp3) is 0.333. The molecule has 2 rings (SSSR count). The molecule has 0 radical (unpaired) electrons. The first-order valence-electron chi connectivity index (χ1n) is 5.18. The number of sulfone groups is 1. The van der Waals surface area contributed by atoms with E-state index in [-0.39, 0.29) is 10.8 Å². The first-order chi connectivity index (χ1) is 7.44. The quantitative estimate of drug-likeness (QED) is 0.855. The Hall–Kier alpha value is -1.13. The van der Waals surface area contributed by atoms with Crippen molar-refractivity contribution in [2.24, 2.45) is 5.92 Å². The summed E-state index contributed by atoms with van der Waals surface area (Å²) in [5.74, 6) is -0.115. The van der Waals surface area contributed by atoms with Crippen LogP contribution in [0.5, 0.6) is 0 Å². The summed E-state index contributed by atoms with van der Waals surface area (Å²) in [5, 5.41) is 9.89. The Balaban J connectivity index is 2.56. The van der Waals surface area contributed by atoms with Crippen molar-refractivity contribution < 1.29 is 13.5 Å². The van der Waals surface area contributed by atoms with Crippen LogP contribution in [0, 0.1) is 5.92 Å². The molecule has 16 heavy (non-hydrogen) atoms. The van der Waals surface area contributed by atoms with E-state index >= 15 is 0 Å². The van der Waals surface area contributed by atoms with Crippen molar-refractivity contribution in [3.63, 3.8) is 0 Å². The van der Waals surface area contributed by atoms with E-state index in [2.05, 4.69) is 0 Å². The van der Waals surface area contributed by atoms with E-state index in [4.69, 9.17) is 0 Å². The van der Waals surface area contributed by atoms with Crippen molar-refractivity contribution in [2.45, 2.75) is 24.8 Å². The molecule has 0 amide bonds. The molecule has 0 saturated carbocycles. The molecule has 0 spiro atoms. The molecule has 0 saturated heterocycles. The molecule has 86 valence electrons. The Bertz CT molecular complexity index is 541. The van der Waals surface area contributed by atoms with Gasteiger partial charge in [0.2, 0.25) is 9.84 Å². The van der Waals surface area contributed by atoms with Crippen LogP contribution in [0.25, 0.3) is 6.08 Å². The van der Waals surface area contributed by atoms with Gasteiger partial charge in [0, 0.05) is 0 Å². The van der Waals surface area contributed by atoms with Crippen molar-refractivity contribution >= 4 is 15.9 Å². The zero-order valence-electron chi connectivity index (χ0n) is 9.21. The molecule has 0 aromatic heterocycles. The molecular weight excluding hydrogens is 224 g/mol. The van der Waals surface area contributed by atoms with E-state index in [1.165, 1.54) is 0 Å². The second-order valence-corrected chi connectivity index (χ2v) is 6.19. The van der Waals surface area contributed by atoms with Gasteiger partial charge in [-0.2, -0.15) is 0 Å². The largest absolute Gasteiger partial charge is 0.387 e. The molecular formula is C12H14O3S. The van der Waals surface area contributed by atoms with E-state index in [0.29, 0.717) is 10.5 Å². The molecule has 1 aliphatic heterocycles. The lowest BCUT2D eigenvalue weighted by Gasteiger charge is -2.15. The number of fused-ring (bicyclic) bond motifs is 1. The van der Waals surface area contributed by atoms with Crippen LogP contribution in [0.3, 0.4) is 0 Å². The van der Waals surface area contributed by atoms with Crippen LogP contribution in [0.15, 0.2) is 34.1 Å². The number of hydrogen-bond donors (Lipinski definition) is 1. The van der Waals surface area contributed by atoms with E-state index in [1.54, 1.807) is 44.2 Å². The number of rotatable bonds is 2. The fourth-order valence-electron chi connectivity index (χ4n) is 1.78. The zero-order chi connectivity index (χ0) is 11.9. The van der Waals surface area contributed by atoms with Crippen LogP contribution < -0.4 is 0 Å². The predicted molar refractivity (Wildman–Crippen MR) is 62.4 cm³/mol. The smallest absolute Gasteiger partial charge is 0.205 e. The molecule has 0 unspecified atom stereocenters. The summed E-state index contributed by atoms with van der Waals surface area (Å²) in [6.07, 6.45) is 0.632. The minimum absolute atomic E-state index is 0.115. The number of aliphatic hydroxyl groups is 1. The molecule has 3 nitrogen and oxygen atoms in total. The van der Waals surface area contributed by atoms with Gasteiger partial charge >= 0.3 is 0 Å². The highest BCUT2D eigenvalue weighted by atomic mass is 32.2. The summed E-state index contributed by atoms with van der Waals surface area (Å²) >= 11 is 0. The van der Waals surface area contributed by atoms with E-state index in [9.17, 15) is 13.5 Å². The Labute approximate surface area is 95.3 Å². The molecule has 1 atom stereocenters. The first kappa shape index (κ1) is 11.4. The lowest BCUT2D eigenvalue weighted by Crippen LogP contribution is -2.21. The standard InChI is InChI=1S/C12H14O3S/c1-8(2)12(13)11-7-9-5-3-4-6-10(9)16(11,14)15/h3-8,12-13H,1-2H3/t12-/m1/s1. The topological polar surface area (TPSA) is 54.4 Å². The maximum absolute atomic E-state index is 12.1. The van der Waals surface area contributed by atoms with Crippen LogP contribution in [0.2, 0.25) is 0 Å². The number of benzene rings is 1. The lowest BCUT2D eigenvalue weighted by molar-refractivity contribution is 0.168. The summed E-state index contributed by atoms with van der Waals surface area (Å²) in [4.78, 5) is 0.411. The van der Waals surface area contributed by atoms with Crippen LogP contribution >= 0.6 is 0 Å². The van der Waals surface area contributed by atoms with Gasteiger partial charge in [0.15, 0.2) is 0 Å². The normalized spacial score (nSPS) is 19.4. The van der Waals surface area contributed by atoms with Crippen LogP contribution in [-0.4, -0.2) is 19.6 Å². The molecule has 1 aromatic carbocycles. The van der Waals surface area contributed by atoms with Gasteiger partial charge in [-0.25, -0.2) is 8.42 Å². The molecule has 0 fully saturated rings. The molecule has 0 bridgehead atoms. The van der Waals surface area contributed by atoms with Crippen LogP contribution in [0.4, 0.5) is 0 Å². The molecule has 1 N–H and O–H groups in total. The Morgan fingerprint density at radius 3 is 2.38 bits per heavy atom. The monoisotopic (exact) mass is 238 g/mol. The second kappa shape index (κ2) is 3.71. The lowest BCUT2D eigenvalue weighted by atomic mass is 10.1. The van der Waals surface area contributed by atoms with Gasteiger partial charge in [0.1, 0.15) is 0 Å². The third kappa shape index (κ3) is 1.58. The highest BCUT2D eigenvalue weighted by Gasteiger charge is 2.34. The number of aliphatic hydroxyl groups excluding tert-OH is 1. The van der Waals surface area contributed by atoms with Gasteiger partial charge in [-0.15, -0.1) is 0 Å². The van der Waals surface area contributed by atoms with Gasteiger partial charge in [-0.3, -0.25) is 0 Å². The van der Waals surface area contributed by atoms with E-state index in [1.807, 2.05) is 0 Å². The molecule has 1 aromatic rings. The van der Waals surface area contributed by atoms with Crippen molar-refractivity contribution in [2.75, 3.05) is 0 Å². The minimum Gasteiger partial charge on any atom is -0.387 e. The predicted octanol–water partition coefficient (Wildman–Crippen LogP) is 1.83. The summed E-state index contributed by atoms with van der Waals surface area (Å²) in [6, 6.07) is 6.79. The maximum atomic E-state index is 12.1. The second-order valence-electron chi connectivity index (χ2n) is 4.28. The number of hydrogen-bond acceptors (Lipinski definition) is 3. The van der Waals surface area contributed by atoms with Gasteiger partial charge in [0.25, 0.3) is 0 Å². The van der Waals surface area contributed by atoms with Crippen molar-refractivity contribution in [1.29, 1.82) is 0 Å². The van der Waals surface area contributed by atoms with E-state index in [0.717, 1.165) is 0 Å². The van der Waals surface area contributed by atoms with Gasteiger partial charge in [0.05, 0.1) is 15.9 Å². The summed E-state index contributed by atoms with van der Waals surface area (Å²) < 4.78 is 24.2. The average Bonchev–Trinajstić information content (AvgIpc) is 2.50. The zero-order valence-corrected chi connectivity index (χ0v) is 10.0. The van der Waals surface area contributed by atoms with E-state index < -0.39 is 15.9 Å². The van der Waals surface area contributed by atoms with Crippen molar-refractivity contribution in [3.8, 4) is 0 Å². The van der Waals surface area contributed by atoms with Gasteiger partial charge < -0.3 is 5.11 Å². The fourth-order valence-corrected chi connectivity index (χ4v) is 3.60. The third-order valence-electron chi connectivity index (χ3n) is 2.74. The molecule has 0 aliphatic carbocycles. The highest BCUT2D eigenvalue weighted by molar-refractivity contribution is 7.96. The highest BCUT2D eigenvalue weighted by Crippen LogP contribution is 2.35. The third-order valence-corrected chi connectivity index (χ3v) is 4.67. The Morgan fingerprint density at radius 2 is 1.81 bits per heavy atom. The van der Waals surface area contributed by atoms with Crippen molar-refractivity contribution in [1.82, 2.24) is 0 Å². The average molecular weight is 238 g/mol. The van der Waals surface area contributed by atoms with Crippen LogP contribution in [-0.2, 0) is 9.84 Å². The molecule has 4 heteroatoms. The van der Waals surface area contributed by atoms with Crippen molar-refractivity contribution in [3.05, 3.63) is 34.7 Å². The van der Waals surface area contributed by atoms with Gasteiger partial charge in [-0.1, -0.05) is 32.0 Å². The minimum atomic E-state index is -3.48. The summed E-state index contributed by atoms with van der Waals surface area (Å²) in [5.41, 5.74) is 0.664. The first-order valence-corrected chi connectivity index (χ1v) is 6.66. The van der Waals surface area contributed by atoms with Crippen LogP contribution in [0.1, 0.15) is 19.4 Å². The SMILES string of the molecule is CC(C)[C@@H](O)C1=Cc2ccccc2S1(=O)=O. The Kier molecular flexibility index (Phi) is 2.64. The maximum Gasteiger partial charge on any atom is 0.205 e. The summed E-state index contributed by atoms with van der Waals surface area (Å²) in [7, 11) is -3.48. The molecule has 1 aliphatic rings. The summed E-state index contributed by atoms with van der Waals surface area (Å²) in [6.45, 7) is 3.59. The molecule has 1 heterocycles. The van der Waals surface area contributed by atoms with Gasteiger partial charge in [-0.05, 0) is 23.6 Å².